The number of benzene rings is 4. The number of amides is 8. The number of carbonyl (C=O) groups is 10. The number of likely N-dealkylation sites (N-methyl/N-ethyl adjacent to an activating group) is 2. The van der Waals surface area contributed by atoms with Gasteiger partial charge in [-0.1, -0.05) is 153 Å². The molecule has 714 valence electrons. The van der Waals surface area contributed by atoms with Gasteiger partial charge in [-0.3, -0.25) is 67.5 Å². The summed E-state index contributed by atoms with van der Waals surface area (Å²) in [6.07, 6.45) is 8.12. The number of aryl methyl sites for hydroxylation is 4. The Hall–Kier alpha value is -12.8. The molecule has 4 aromatic heterocycles. The molecular weight excluding hydrogens is 1690 g/mol. The van der Waals surface area contributed by atoms with Gasteiger partial charge in [0.2, 0.25) is 47.3 Å². The van der Waals surface area contributed by atoms with Crippen LogP contribution in [0.15, 0.2) is 170 Å². The maximum atomic E-state index is 13.4. The largest absolute Gasteiger partial charge is 0.481 e. The molecule has 0 spiro atoms. The van der Waals surface area contributed by atoms with Crippen LogP contribution >= 0.6 is 0 Å². The number of hydrogen-bond donors (Lipinski definition) is 13. The minimum absolute atomic E-state index is 0.0607. The fourth-order valence-corrected chi connectivity index (χ4v) is 17.4. The van der Waals surface area contributed by atoms with Crippen molar-refractivity contribution in [3.05, 3.63) is 237 Å². The molecule has 0 unspecified atom stereocenters. The SMILES string of the molecule is CCN1CC[C@H](c2ccccc2)C[C@@H]1C(=O)N[C@@H](C)C(=O)NCc1ccc(N)nc1C.CCOC(=O)CCCN1CC[C@H](c2ccccc2)C[C@@H]1C(=O)N[C@@H](C)C(=O)NCc1ccc(N)nc1C.Cc1nc(N)ccc1CNC(=O)[C@H](C)NC(=O)[C@H]1C[C@@H](c2ccccc2)CCN1C.Cc1nc(N)ccc1CNC(=O)[C@H](C)NC(=O)[C@H]1C[C@@H](c2ccccc2)CCN1CCCC(=O)O. The zero-order valence-corrected chi connectivity index (χ0v) is 78.9. The van der Waals surface area contributed by atoms with Gasteiger partial charge in [0.15, 0.2) is 0 Å². The number of nitrogens with zero attached hydrogens (tertiary/aromatic N) is 8. The zero-order chi connectivity index (χ0) is 96.2. The molecule has 4 aromatic carbocycles. The number of pyridine rings is 4. The summed E-state index contributed by atoms with van der Waals surface area (Å²) in [5.74, 6) is 0.292. The van der Waals surface area contributed by atoms with E-state index >= 15 is 0 Å². The molecule has 8 amide bonds. The van der Waals surface area contributed by atoms with E-state index in [1.165, 1.54) is 22.3 Å². The number of carbonyl (C=O) groups excluding carboxylic acids is 9. The van der Waals surface area contributed by atoms with Crippen LogP contribution in [-0.4, -0.2) is 212 Å². The maximum Gasteiger partial charge on any atom is 0.305 e. The standard InChI is InChI=1S/C28H39N5O4.C26H35N5O4.C24H33N5O2.C23H31N5O2/c1-4-37-26(34)11-8-15-33-16-14-22(21-9-6-5-7-10-21)17-24(33)28(36)32-20(3)27(35)30-18-23-12-13-25(29)31-19(23)2;1-17-21(10-11-23(27)29-17)16-28-25(34)18(2)30-26(35)22-15-20(19-7-4-3-5-8-19)12-14-31(22)13-6-9-24(32)33;1-4-29-13-12-19(18-8-6-5-7-9-18)14-21(29)24(31)28-17(3)23(30)26-15-20-10-11-22(25)27-16(20)2;1-15-19(9-10-21(24)26-15)14-25-22(29)16(2)27-23(30)20-13-18(11-12-28(20)3)17-7-5-4-6-8-17/h5-7,9-10,12-13,20,22,24H,4,8,11,14-18H2,1-3H3,(H2,29,31)(H,30,35)(H,32,36);3-5,7-8,10-11,18,20,22H,6,9,12-16H2,1-2H3,(H2,27,29)(H,28,34)(H,30,35)(H,32,33);5-11,17,19,21H,4,12-15H2,1-3H3,(H2,25,27)(H,26,30)(H,28,31);4-10,16,18,20H,11-14H2,1-3H3,(H2,24,26)(H,25,29)(H,27,30)/t20-,22-,24+;18-,20-,22+;17-,19-,21+;16-,18-,20+/m0000/s1. The maximum absolute atomic E-state index is 13.4. The van der Waals surface area contributed by atoms with E-state index in [1.807, 2.05) is 137 Å². The van der Waals surface area contributed by atoms with Crippen LogP contribution in [0.4, 0.5) is 23.3 Å². The van der Waals surface area contributed by atoms with E-state index in [4.69, 9.17) is 32.8 Å². The molecular formula is C101H138N20O12. The molecule has 8 aromatic rings. The minimum atomic E-state index is -0.845. The first-order valence-electron chi connectivity index (χ1n) is 46.5. The van der Waals surface area contributed by atoms with E-state index in [2.05, 4.69) is 133 Å². The summed E-state index contributed by atoms with van der Waals surface area (Å²) in [7, 11) is 1.97. The van der Waals surface area contributed by atoms with Crippen LogP contribution in [0, 0.1) is 27.7 Å². The van der Waals surface area contributed by atoms with Crippen molar-refractivity contribution in [2.75, 3.05) is 82.4 Å². The molecule has 32 heteroatoms. The number of nitrogens with two attached hydrogens (primary N) is 4. The molecule has 133 heavy (non-hydrogen) atoms. The van der Waals surface area contributed by atoms with Crippen molar-refractivity contribution in [3.8, 4) is 0 Å². The Morgan fingerprint density at radius 1 is 0.376 bits per heavy atom. The van der Waals surface area contributed by atoms with Gasteiger partial charge in [-0.2, -0.15) is 0 Å². The molecule has 0 aliphatic carbocycles. The van der Waals surface area contributed by atoms with Crippen LogP contribution < -0.4 is 65.5 Å². The number of aliphatic carboxylic acids is 1. The van der Waals surface area contributed by atoms with Crippen molar-refractivity contribution in [1.29, 1.82) is 0 Å². The Balaban J connectivity index is 0.000000200. The second-order valence-corrected chi connectivity index (χ2v) is 34.9. The number of anilines is 4. The van der Waals surface area contributed by atoms with Gasteiger partial charge in [0, 0.05) is 61.8 Å². The first-order valence-corrected chi connectivity index (χ1v) is 46.5. The number of carboxylic acid groups (broad SMARTS) is 1. The summed E-state index contributed by atoms with van der Waals surface area (Å²) in [5, 5.41) is 32.0. The van der Waals surface area contributed by atoms with Gasteiger partial charge in [0.05, 0.1) is 30.8 Å². The van der Waals surface area contributed by atoms with Crippen LogP contribution in [0.2, 0.25) is 0 Å². The molecule has 0 radical (unpaired) electrons. The lowest BCUT2D eigenvalue weighted by Crippen LogP contribution is -2.55. The number of hydrogen-bond acceptors (Lipinski definition) is 23. The summed E-state index contributed by atoms with van der Waals surface area (Å²) in [5.41, 5.74) is 34.2. The Bertz CT molecular complexity index is 5140. The van der Waals surface area contributed by atoms with E-state index in [1.54, 1.807) is 58.9 Å². The number of rotatable bonds is 34. The van der Waals surface area contributed by atoms with Crippen molar-refractivity contribution in [2.45, 2.75) is 244 Å². The van der Waals surface area contributed by atoms with Gasteiger partial charge in [0.25, 0.3) is 0 Å². The lowest BCUT2D eigenvalue weighted by molar-refractivity contribution is -0.143. The van der Waals surface area contributed by atoms with Crippen LogP contribution in [-0.2, 0) is 78.9 Å². The number of esters is 1. The Morgan fingerprint density at radius 3 is 0.917 bits per heavy atom. The van der Waals surface area contributed by atoms with E-state index in [-0.39, 0.29) is 89.6 Å². The number of piperidine rings is 4. The number of carboxylic acids is 1. The van der Waals surface area contributed by atoms with E-state index in [0.29, 0.717) is 120 Å². The highest BCUT2D eigenvalue weighted by molar-refractivity contribution is 5.92. The smallest absolute Gasteiger partial charge is 0.305 e. The number of likely N-dealkylation sites (tertiary alicyclic amines) is 4. The molecule has 12 atom stereocenters. The van der Waals surface area contributed by atoms with E-state index in [0.717, 1.165) is 110 Å². The lowest BCUT2D eigenvalue weighted by atomic mass is 9.84. The third-order valence-electron chi connectivity index (χ3n) is 25.4. The van der Waals surface area contributed by atoms with Crippen molar-refractivity contribution in [1.82, 2.24) is 82.1 Å². The summed E-state index contributed by atoms with van der Waals surface area (Å²) in [6.45, 7) is 24.8. The number of nitrogens with one attached hydrogen (secondary N) is 8. The molecule has 32 nitrogen and oxygen atoms in total. The Kier molecular flexibility index (Phi) is 41.0. The monoisotopic (exact) mass is 1820 g/mol. The van der Waals surface area contributed by atoms with Crippen molar-refractivity contribution >= 4 is 82.5 Å². The summed E-state index contributed by atoms with van der Waals surface area (Å²) < 4.78 is 5.04. The van der Waals surface area contributed by atoms with Crippen molar-refractivity contribution < 1.29 is 57.8 Å². The predicted octanol–water partition coefficient (Wildman–Crippen LogP) is 9.22. The molecule has 4 saturated heterocycles. The average molecular weight is 1820 g/mol. The molecule has 4 fully saturated rings. The van der Waals surface area contributed by atoms with E-state index < -0.39 is 36.2 Å². The van der Waals surface area contributed by atoms with Gasteiger partial charge >= 0.3 is 11.9 Å². The third-order valence-corrected chi connectivity index (χ3v) is 25.4. The quantitative estimate of drug-likeness (QED) is 0.0167. The van der Waals surface area contributed by atoms with Crippen LogP contribution in [0.5, 0.6) is 0 Å². The Morgan fingerprint density at radius 2 is 0.639 bits per heavy atom. The van der Waals surface area contributed by atoms with Gasteiger partial charge in [-0.05, 0) is 272 Å². The number of aromatic nitrogens is 4. The number of ether oxygens (including phenoxy) is 1. The molecule has 17 N–H and O–H groups in total. The Labute approximate surface area is 782 Å². The predicted molar refractivity (Wildman–Crippen MR) is 516 cm³/mol. The van der Waals surface area contributed by atoms with Gasteiger partial charge in [-0.25, -0.2) is 19.9 Å². The first-order chi connectivity index (χ1) is 63.7. The fraction of sp³-hybridized carbons (Fsp3) is 0.465. The van der Waals surface area contributed by atoms with E-state index in [9.17, 15) is 47.9 Å². The number of nitrogen functional groups attached to an aromatic ring is 4. The second-order valence-electron chi connectivity index (χ2n) is 34.9. The van der Waals surface area contributed by atoms with Gasteiger partial charge in [0.1, 0.15) is 47.4 Å². The third kappa shape index (κ3) is 32.6. The molecule has 4 aliphatic heterocycles. The lowest BCUT2D eigenvalue weighted by Gasteiger charge is -2.39. The van der Waals surface area contributed by atoms with Crippen molar-refractivity contribution in [2.24, 2.45) is 0 Å². The highest BCUT2D eigenvalue weighted by atomic mass is 16.5. The summed E-state index contributed by atoms with van der Waals surface area (Å²) in [4.78, 5) is 151. The molecule has 4 aliphatic rings. The average Bonchev–Trinajstić information content (AvgIpc) is 0.831. The highest BCUT2D eigenvalue weighted by Crippen LogP contribution is 2.36. The van der Waals surface area contributed by atoms with Crippen LogP contribution in [0.1, 0.15) is 210 Å². The van der Waals surface area contributed by atoms with Gasteiger partial charge < -0.3 is 75.3 Å². The molecule has 12 rings (SSSR count). The zero-order valence-electron chi connectivity index (χ0n) is 78.9. The summed E-state index contributed by atoms with van der Waals surface area (Å²) in [6, 6.07) is 51.2. The van der Waals surface area contributed by atoms with Crippen LogP contribution in [0.25, 0.3) is 0 Å². The molecule has 0 saturated carbocycles. The minimum Gasteiger partial charge on any atom is -0.481 e. The molecule has 0 bridgehead atoms. The van der Waals surface area contributed by atoms with Crippen LogP contribution in [0.3, 0.4) is 0 Å². The topological polar surface area (TPSA) is 465 Å². The normalized spacial score (nSPS) is 19.5. The second kappa shape index (κ2) is 52.5. The van der Waals surface area contributed by atoms with Gasteiger partial charge in [-0.15, -0.1) is 0 Å². The molecule has 8 heterocycles. The first kappa shape index (κ1) is 104. The summed E-state index contributed by atoms with van der Waals surface area (Å²) >= 11 is 0. The van der Waals surface area contributed by atoms with Crippen molar-refractivity contribution in [3.63, 3.8) is 0 Å². The highest BCUT2D eigenvalue weighted by Gasteiger charge is 2.40. The fourth-order valence-electron chi connectivity index (χ4n) is 17.4.